The number of anilines is 1. The molecule has 0 unspecified atom stereocenters. The van der Waals surface area contributed by atoms with Crippen LogP contribution in [-0.4, -0.2) is 40.0 Å². The van der Waals surface area contributed by atoms with E-state index in [4.69, 9.17) is 15.2 Å². The van der Waals surface area contributed by atoms with E-state index in [1.807, 2.05) is 6.92 Å². The number of amides is 1. The minimum atomic E-state index is -4.48. The zero-order valence-corrected chi connectivity index (χ0v) is 17.7. The quantitative estimate of drug-likeness (QED) is 0.627. The molecule has 0 spiro atoms. The molecule has 0 saturated carbocycles. The first-order valence-electron chi connectivity index (χ1n) is 10.5. The van der Waals surface area contributed by atoms with Crippen molar-refractivity contribution in [3.8, 4) is 0 Å². The molecule has 2 aliphatic heterocycles. The lowest BCUT2D eigenvalue weighted by Crippen LogP contribution is -2.47. The van der Waals surface area contributed by atoms with Crippen LogP contribution in [0, 0.1) is 0 Å². The summed E-state index contributed by atoms with van der Waals surface area (Å²) in [4.78, 5) is 23.6. The Morgan fingerprint density at radius 3 is 2.70 bits per heavy atom. The van der Waals surface area contributed by atoms with Gasteiger partial charge in [-0.15, -0.1) is 0 Å². The Morgan fingerprint density at radius 2 is 1.97 bits per heavy atom. The first-order chi connectivity index (χ1) is 15.7. The molecule has 0 bridgehead atoms. The number of alkyl halides is 3. The van der Waals surface area contributed by atoms with Gasteiger partial charge >= 0.3 is 6.18 Å². The summed E-state index contributed by atoms with van der Waals surface area (Å²) >= 11 is 0. The molecule has 2 aliphatic rings. The Bertz CT molecular complexity index is 1230. The zero-order valence-electron chi connectivity index (χ0n) is 17.7. The number of nitrogens with zero attached hydrogens (tertiary/aromatic N) is 3. The smallest absolute Gasteiger partial charge is 0.383 e. The second kappa shape index (κ2) is 7.96. The van der Waals surface area contributed by atoms with E-state index in [1.54, 1.807) is 23.1 Å². The lowest BCUT2D eigenvalue weighted by molar-refractivity contribution is -0.137. The van der Waals surface area contributed by atoms with E-state index >= 15 is 0 Å². The number of nitrogen functional groups attached to an aromatic ring is 1. The highest BCUT2D eigenvalue weighted by Gasteiger charge is 2.35. The van der Waals surface area contributed by atoms with Crippen molar-refractivity contribution in [2.24, 2.45) is 0 Å². The van der Waals surface area contributed by atoms with E-state index in [2.05, 4.69) is 9.97 Å². The standard InChI is InChI=1S/C23H21F3N4O3/c1-12-8-30(20(11-33-12)19-5-3-14(7-28-19)23(24,25)26)22(31)13-2-4-18-15(6-13)16-9-32-10-17(16)21(27)29-18/h2-7,12,20H,8-11H2,1H3,(H2,27,29)/t12-,20+/m1/s1. The molecule has 2 aromatic heterocycles. The molecule has 1 aromatic carbocycles. The average molecular weight is 458 g/mol. The summed E-state index contributed by atoms with van der Waals surface area (Å²) in [6, 6.07) is 6.85. The number of halogens is 3. The van der Waals surface area contributed by atoms with Crippen molar-refractivity contribution < 1.29 is 27.4 Å². The number of carbonyl (C=O) groups is 1. The summed E-state index contributed by atoms with van der Waals surface area (Å²) in [6.45, 7) is 3.04. The van der Waals surface area contributed by atoms with Crippen LogP contribution in [-0.2, 0) is 28.9 Å². The van der Waals surface area contributed by atoms with Crippen molar-refractivity contribution in [2.75, 3.05) is 18.9 Å². The van der Waals surface area contributed by atoms with Gasteiger partial charge in [-0.05, 0) is 42.8 Å². The SMILES string of the molecule is C[C@@H]1CN(C(=O)c2ccc3nc(N)c4c(c3c2)COC4)[C@H](c2ccc(C(F)(F)F)cn2)CO1. The number of rotatable bonds is 2. The molecule has 10 heteroatoms. The molecule has 2 N–H and O–H groups in total. The van der Waals surface area contributed by atoms with Crippen LogP contribution in [0.15, 0.2) is 36.5 Å². The molecule has 0 radical (unpaired) electrons. The fraction of sp³-hybridized carbons (Fsp3) is 0.348. The van der Waals surface area contributed by atoms with E-state index < -0.39 is 17.8 Å². The lowest BCUT2D eigenvalue weighted by Gasteiger charge is -2.38. The van der Waals surface area contributed by atoms with Gasteiger partial charge in [0.05, 0.1) is 48.7 Å². The number of morpholine rings is 1. The van der Waals surface area contributed by atoms with Crippen LogP contribution < -0.4 is 5.73 Å². The van der Waals surface area contributed by atoms with Gasteiger partial charge < -0.3 is 20.1 Å². The number of nitrogens with two attached hydrogens (primary N) is 1. The fourth-order valence-corrected chi connectivity index (χ4v) is 4.31. The van der Waals surface area contributed by atoms with Crippen molar-refractivity contribution in [3.05, 3.63) is 64.5 Å². The molecular formula is C23H21F3N4O3. The van der Waals surface area contributed by atoms with E-state index in [1.165, 1.54) is 6.07 Å². The fourth-order valence-electron chi connectivity index (χ4n) is 4.31. The van der Waals surface area contributed by atoms with Crippen molar-refractivity contribution >= 4 is 22.6 Å². The number of fused-ring (bicyclic) bond motifs is 3. The van der Waals surface area contributed by atoms with Crippen molar-refractivity contribution in [3.63, 3.8) is 0 Å². The molecule has 1 saturated heterocycles. The molecule has 1 amide bonds. The van der Waals surface area contributed by atoms with Gasteiger partial charge in [-0.25, -0.2) is 4.98 Å². The van der Waals surface area contributed by atoms with Gasteiger partial charge in [0.1, 0.15) is 5.82 Å². The molecule has 172 valence electrons. The predicted molar refractivity (Wildman–Crippen MR) is 113 cm³/mol. The van der Waals surface area contributed by atoms with Gasteiger partial charge in [0, 0.05) is 29.3 Å². The number of aromatic nitrogens is 2. The van der Waals surface area contributed by atoms with Crippen molar-refractivity contribution in [2.45, 2.75) is 38.5 Å². The van der Waals surface area contributed by atoms with Gasteiger partial charge in [0.15, 0.2) is 0 Å². The Morgan fingerprint density at radius 1 is 1.18 bits per heavy atom. The highest BCUT2D eigenvalue weighted by atomic mass is 19.4. The molecule has 7 nitrogen and oxygen atoms in total. The Kier molecular flexibility index (Phi) is 5.21. The highest BCUT2D eigenvalue weighted by Crippen LogP contribution is 2.34. The lowest BCUT2D eigenvalue weighted by atomic mass is 10.0. The van der Waals surface area contributed by atoms with E-state index in [0.29, 0.717) is 35.8 Å². The minimum absolute atomic E-state index is 0.139. The summed E-state index contributed by atoms with van der Waals surface area (Å²) in [5.41, 5.74) is 8.39. The van der Waals surface area contributed by atoms with Gasteiger partial charge in [-0.1, -0.05) is 0 Å². The largest absolute Gasteiger partial charge is 0.417 e. The van der Waals surface area contributed by atoms with Gasteiger partial charge in [0.2, 0.25) is 0 Å². The second-order valence-corrected chi connectivity index (χ2v) is 8.27. The van der Waals surface area contributed by atoms with E-state index in [0.717, 1.165) is 28.8 Å². The molecule has 4 heterocycles. The normalized spacial score (nSPS) is 20.8. The maximum Gasteiger partial charge on any atom is 0.417 e. The van der Waals surface area contributed by atoms with E-state index in [9.17, 15) is 18.0 Å². The highest BCUT2D eigenvalue weighted by molar-refractivity contribution is 5.99. The monoisotopic (exact) mass is 458 g/mol. The number of ether oxygens (including phenoxy) is 2. The number of pyridine rings is 2. The van der Waals surface area contributed by atoms with Crippen LogP contribution >= 0.6 is 0 Å². The summed E-state index contributed by atoms with van der Waals surface area (Å²) < 4.78 is 50.0. The zero-order chi connectivity index (χ0) is 23.3. The van der Waals surface area contributed by atoms with Crippen LogP contribution in [0.2, 0.25) is 0 Å². The third-order valence-electron chi connectivity index (χ3n) is 6.06. The molecular weight excluding hydrogens is 437 g/mol. The van der Waals surface area contributed by atoms with Crippen LogP contribution in [0.25, 0.3) is 10.9 Å². The third kappa shape index (κ3) is 3.89. The van der Waals surface area contributed by atoms with Gasteiger partial charge in [-0.3, -0.25) is 9.78 Å². The van der Waals surface area contributed by atoms with Crippen LogP contribution in [0.4, 0.5) is 19.0 Å². The maximum atomic E-state index is 13.6. The minimum Gasteiger partial charge on any atom is -0.383 e. The maximum absolute atomic E-state index is 13.6. The molecule has 33 heavy (non-hydrogen) atoms. The first-order valence-corrected chi connectivity index (χ1v) is 10.5. The van der Waals surface area contributed by atoms with Crippen LogP contribution in [0.1, 0.15) is 45.7 Å². The number of hydrogen-bond donors (Lipinski definition) is 1. The molecule has 5 rings (SSSR count). The molecule has 2 atom stereocenters. The molecule has 1 fully saturated rings. The number of carbonyl (C=O) groups excluding carboxylic acids is 1. The summed E-state index contributed by atoms with van der Waals surface area (Å²) in [7, 11) is 0. The Labute approximate surface area is 187 Å². The molecule has 3 aromatic rings. The molecule has 0 aliphatic carbocycles. The van der Waals surface area contributed by atoms with Crippen molar-refractivity contribution in [1.29, 1.82) is 0 Å². The van der Waals surface area contributed by atoms with E-state index in [-0.39, 0.29) is 25.2 Å². The predicted octanol–water partition coefficient (Wildman–Crippen LogP) is 3.86. The summed E-state index contributed by atoms with van der Waals surface area (Å²) in [6.07, 6.45) is -3.92. The first kappa shape index (κ1) is 21.6. The Balaban J connectivity index is 1.50. The van der Waals surface area contributed by atoms with Crippen LogP contribution in [0.5, 0.6) is 0 Å². The number of benzene rings is 1. The number of hydrogen-bond acceptors (Lipinski definition) is 6. The summed E-state index contributed by atoms with van der Waals surface area (Å²) in [5, 5.41) is 0.799. The van der Waals surface area contributed by atoms with Gasteiger partial charge in [-0.2, -0.15) is 13.2 Å². The summed E-state index contributed by atoms with van der Waals surface area (Å²) in [5.74, 6) is 0.160. The second-order valence-electron chi connectivity index (χ2n) is 8.27. The topological polar surface area (TPSA) is 90.6 Å². The average Bonchev–Trinajstić information content (AvgIpc) is 3.29. The Hall–Kier alpha value is -3.24. The van der Waals surface area contributed by atoms with Crippen LogP contribution in [0.3, 0.4) is 0 Å². The third-order valence-corrected chi connectivity index (χ3v) is 6.06. The van der Waals surface area contributed by atoms with Gasteiger partial charge in [0.25, 0.3) is 5.91 Å². The van der Waals surface area contributed by atoms with Crippen molar-refractivity contribution in [1.82, 2.24) is 14.9 Å².